The molecule has 4 rings (SSSR count). The maximum atomic E-state index is 6.80. The molecule has 2 unspecified atom stereocenters. The van der Waals surface area contributed by atoms with Gasteiger partial charge >= 0.3 is 0 Å². The van der Waals surface area contributed by atoms with E-state index < -0.39 is 10.5 Å². The molecule has 1 nitrogen and oxygen atoms in total. The molecular weight excluding hydrogens is 519 g/mol. The van der Waals surface area contributed by atoms with Crippen molar-refractivity contribution >= 4 is 56.9 Å². The van der Waals surface area contributed by atoms with E-state index in [0.717, 1.165) is 34.5 Å². The van der Waals surface area contributed by atoms with Crippen LogP contribution in [0, 0.1) is 0 Å². The van der Waals surface area contributed by atoms with Crippen LogP contribution in [0.5, 0.6) is 0 Å². The Hall–Kier alpha value is 1.96. The minimum atomic E-state index is -1.54. The Kier molecular flexibility index (Phi) is 12.0. The third-order valence-corrected chi connectivity index (χ3v) is 25.5. The highest BCUT2D eigenvalue weighted by Crippen LogP contribution is 2.60. The van der Waals surface area contributed by atoms with Gasteiger partial charge in [-0.1, -0.05) is 51.4 Å². The first-order valence-electron chi connectivity index (χ1n) is 14.2. The number of hydrogen-bond acceptors (Lipinski definition) is 3. The first kappa shape index (κ1) is 28.0. The summed E-state index contributed by atoms with van der Waals surface area (Å²) in [6.07, 6.45) is 29.8. The van der Waals surface area contributed by atoms with Crippen molar-refractivity contribution in [2.24, 2.45) is 0 Å². The highest BCUT2D eigenvalue weighted by atomic mass is 32.9. The van der Waals surface area contributed by atoms with Crippen molar-refractivity contribution in [3.05, 3.63) is 0 Å². The summed E-state index contributed by atoms with van der Waals surface area (Å²) in [5.41, 5.74) is 1.54. The van der Waals surface area contributed by atoms with E-state index in [1.54, 1.807) is 0 Å². The molecule has 192 valence electrons. The molecule has 4 fully saturated rings. The van der Waals surface area contributed by atoms with Gasteiger partial charge in [0.25, 0.3) is 0 Å². The molecule has 0 aromatic carbocycles. The smallest absolute Gasteiger partial charge is 0.178 e. The molecule has 0 aliphatic heterocycles. The fourth-order valence-electron chi connectivity index (χ4n) is 6.53. The normalized spacial score (nSPS) is 28.7. The Bertz CT molecular complexity index is 630. The van der Waals surface area contributed by atoms with E-state index in [9.17, 15) is 0 Å². The second kappa shape index (κ2) is 14.2. The van der Waals surface area contributed by atoms with Crippen LogP contribution in [-0.2, 0) is 51.1 Å². The summed E-state index contributed by atoms with van der Waals surface area (Å²) in [6, 6.07) is 0. The lowest BCUT2D eigenvalue weighted by atomic mass is 10.0. The van der Waals surface area contributed by atoms with Gasteiger partial charge in [0.1, 0.15) is 21.9 Å². The van der Waals surface area contributed by atoms with Crippen LogP contribution in [-0.4, -0.2) is 34.5 Å². The first-order valence-corrected chi connectivity index (χ1v) is 23.3. The number of ether oxygens (including phenoxy) is 1. The van der Waals surface area contributed by atoms with Crippen LogP contribution < -0.4 is 0 Å². The zero-order chi connectivity index (χ0) is 23.0. The predicted octanol–water partition coefficient (Wildman–Crippen LogP) is 9.20. The summed E-state index contributed by atoms with van der Waals surface area (Å²) in [5, 5.41) is -1.46. The maximum absolute atomic E-state index is 6.80. The highest BCUT2D eigenvalue weighted by Gasteiger charge is 2.35. The molecule has 4 saturated carbocycles. The minimum absolute atomic E-state index is 0.770. The lowest BCUT2D eigenvalue weighted by molar-refractivity contribution is 0.232. The van der Waals surface area contributed by atoms with Crippen molar-refractivity contribution in [1.82, 2.24) is 0 Å². The van der Waals surface area contributed by atoms with Gasteiger partial charge in [-0.3, -0.25) is 0 Å². The van der Waals surface area contributed by atoms with Gasteiger partial charge in [-0.05, 0) is 51.4 Å². The third-order valence-electron chi connectivity index (χ3n) is 8.56. The molecule has 0 radical (unpaired) electrons. The molecule has 0 N–H and O–H groups in total. The van der Waals surface area contributed by atoms with Gasteiger partial charge in [-0.2, -0.15) is 0 Å². The van der Waals surface area contributed by atoms with Crippen LogP contribution in [0.3, 0.4) is 0 Å². The van der Waals surface area contributed by atoms with E-state index in [4.69, 9.17) is 29.2 Å². The van der Waals surface area contributed by atoms with E-state index >= 15 is 0 Å². The average Bonchev–Trinajstić information content (AvgIpc) is 2.86. The fraction of sp³-hybridized carbons (Fsp3) is 1.00. The quantitative estimate of drug-likeness (QED) is 0.165. The Morgan fingerprint density at radius 2 is 0.788 bits per heavy atom. The summed E-state index contributed by atoms with van der Waals surface area (Å²) >= 11 is 13.3. The van der Waals surface area contributed by atoms with E-state index in [0.29, 0.717) is 0 Å². The van der Waals surface area contributed by atoms with Crippen molar-refractivity contribution in [3.63, 3.8) is 0 Å². The second-order valence-electron chi connectivity index (χ2n) is 11.2. The Morgan fingerprint density at radius 3 is 1.12 bits per heavy atom. The van der Waals surface area contributed by atoms with E-state index in [-0.39, 0.29) is 0 Å². The molecule has 0 heterocycles. The van der Waals surface area contributed by atoms with Crippen molar-refractivity contribution < 1.29 is 4.74 Å². The van der Waals surface area contributed by atoms with Gasteiger partial charge in [0, 0.05) is 47.5 Å². The Balaban J connectivity index is 1.48. The molecule has 4 aliphatic rings. The third kappa shape index (κ3) is 8.48. The number of rotatable bonds is 8. The molecule has 0 amide bonds. The maximum Gasteiger partial charge on any atom is 0.178 e. The fourth-order valence-corrected chi connectivity index (χ4v) is 24.0. The van der Waals surface area contributed by atoms with Crippen LogP contribution in [0.15, 0.2) is 0 Å². The van der Waals surface area contributed by atoms with Gasteiger partial charge in [-0.15, -0.1) is 0 Å². The van der Waals surface area contributed by atoms with Crippen LogP contribution in [0.4, 0.5) is 0 Å². The van der Waals surface area contributed by atoms with Gasteiger partial charge in [0.15, 0.2) is 10.5 Å². The molecule has 4 aliphatic carbocycles. The van der Waals surface area contributed by atoms with Gasteiger partial charge in [-0.25, -0.2) is 0 Å². The van der Waals surface area contributed by atoms with E-state index in [1.807, 2.05) is 0 Å². The SMILES string of the molecule is [S-]P(COCP([S-])(=[S+]C1CCCCC1)C1CCCCC1)(=[S+]C1CCCCC1)C1CCCCC1. The highest BCUT2D eigenvalue weighted by molar-refractivity contribution is 8.59. The van der Waals surface area contributed by atoms with Gasteiger partial charge in [0.2, 0.25) is 0 Å². The second-order valence-corrected chi connectivity index (χ2v) is 28.3. The van der Waals surface area contributed by atoms with Crippen LogP contribution in [0.1, 0.15) is 128 Å². The molecular formula is C26H48OP2S4. The topological polar surface area (TPSA) is 9.23 Å². The first-order chi connectivity index (χ1) is 16.1. The Morgan fingerprint density at radius 1 is 0.485 bits per heavy atom. The van der Waals surface area contributed by atoms with Crippen molar-refractivity contribution in [2.45, 2.75) is 150 Å². The molecule has 2 atom stereocenters. The molecule has 0 spiro atoms. The summed E-state index contributed by atoms with van der Waals surface area (Å²) in [7, 11) is 4.54. The summed E-state index contributed by atoms with van der Waals surface area (Å²) in [4.78, 5) is 0. The lowest BCUT2D eigenvalue weighted by Gasteiger charge is -2.37. The molecule has 33 heavy (non-hydrogen) atoms. The molecule has 0 aromatic rings. The largest absolute Gasteiger partial charge is 0.697 e. The zero-order valence-electron chi connectivity index (χ0n) is 20.8. The van der Waals surface area contributed by atoms with Gasteiger partial charge < -0.3 is 29.2 Å². The van der Waals surface area contributed by atoms with Crippen molar-refractivity contribution in [2.75, 3.05) is 12.7 Å². The van der Waals surface area contributed by atoms with Crippen molar-refractivity contribution in [3.8, 4) is 0 Å². The van der Waals surface area contributed by atoms with E-state index in [2.05, 4.69) is 21.9 Å². The average molecular weight is 567 g/mol. The molecule has 7 heteroatoms. The number of hydrogen-bond donors (Lipinski definition) is 0. The summed E-state index contributed by atoms with van der Waals surface area (Å²) in [6.45, 7) is 0. The standard InChI is InChI=1S/C26H48OP2S4/c30-28(23-13-5-1-6-14-23,32-25-17-9-3-10-18-25)21-27-22-29(31,24-15-7-2-8-16-24)33-26-19-11-4-12-20-26/h23-26H,1-22H2. The van der Waals surface area contributed by atoms with Crippen molar-refractivity contribution in [1.29, 1.82) is 0 Å². The minimum Gasteiger partial charge on any atom is -0.697 e. The molecule has 0 bridgehead atoms. The zero-order valence-corrected chi connectivity index (χ0v) is 25.9. The monoisotopic (exact) mass is 566 g/mol. The van der Waals surface area contributed by atoms with E-state index in [1.165, 1.54) is 128 Å². The Labute approximate surface area is 223 Å². The molecule has 0 aromatic heterocycles. The van der Waals surface area contributed by atoms with Gasteiger partial charge in [0.05, 0.1) is 12.7 Å². The summed E-state index contributed by atoms with van der Waals surface area (Å²) in [5.74, 6) is 0. The van der Waals surface area contributed by atoms with Crippen LogP contribution >= 0.6 is 10.5 Å². The molecule has 0 saturated heterocycles. The summed E-state index contributed by atoms with van der Waals surface area (Å²) < 4.78 is 6.80. The van der Waals surface area contributed by atoms with Crippen LogP contribution in [0.25, 0.3) is 0 Å². The lowest BCUT2D eigenvalue weighted by Crippen LogP contribution is -2.21. The predicted molar refractivity (Wildman–Crippen MR) is 162 cm³/mol. The van der Waals surface area contributed by atoms with Crippen LogP contribution in [0.2, 0.25) is 0 Å².